The highest BCUT2D eigenvalue weighted by Crippen LogP contribution is 2.23. The molecule has 0 bridgehead atoms. The minimum Gasteiger partial charge on any atom is -0.443 e. The third-order valence-corrected chi connectivity index (χ3v) is 3.14. The minimum atomic E-state index is -0.659. The second kappa shape index (κ2) is 4.49. The van der Waals surface area contributed by atoms with Gasteiger partial charge in [0.2, 0.25) is 11.2 Å². The molecule has 0 aromatic heterocycles. The van der Waals surface area contributed by atoms with Crippen LogP contribution in [-0.2, 0) is 9.53 Å². The van der Waals surface area contributed by atoms with Crippen LogP contribution in [-0.4, -0.2) is 22.9 Å². The van der Waals surface area contributed by atoms with E-state index in [0.717, 1.165) is 0 Å². The van der Waals surface area contributed by atoms with E-state index in [2.05, 4.69) is 0 Å². The smallest absolute Gasteiger partial charge is 0.308 e. The van der Waals surface area contributed by atoms with Crippen molar-refractivity contribution >= 4 is 23.5 Å². The summed E-state index contributed by atoms with van der Waals surface area (Å²) in [6.45, 7) is 0. The van der Waals surface area contributed by atoms with Crippen molar-refractivity contribution in [3.63, 3.8) is 0 Å². The van der Waals surface area contributed by atoms with Gasteiger partial charge in [0.15, 0.2) is 0 Å². The van der Waals surface area contributed by atoms with Crippen molar-refractivity contribution in [3.8, 4) is 0 Å². The first-order chi connectivity index (χ1) is 7.27. The number of Topliss-reactive ketones (excluding diaryl/α,β-unsaturated/α-hetero) is 1. The van der Waals surface area contributed by atoms with Crippen molar-refractivity contribution in [3.05, 3.63) is 35.9 Å². The lowest BCUT2D eigenvalue weighted by Crippen LogP contribution is -2.28. The topological polar surface area (TPSA) is 43.4 Å². The van der Waals surface area contributed by atoms with Crippen molar-refractivity contribution in [2.24, 2.45) is 0 Å². The molecule has 78 valence electrons. The number of rotatable bonds is 2. The number of hydrogen-bond acceptors (Lipinski definition) is 4. The summed E-state index contributed by atoms with van der Waals surface area (Å²) in [7, 11) is 0. The Morgan fingerprint density at radius 3 is 2.73 bits per heavy atom. The maximum absolute atomic E-state index is 11.8. The fourth-order valence-electron chi connectivity index (χ4n) is 1.33. The van der Waals surface area contributed by atoms with Gasteiger partial charge in [-0.2, -0.15) is 0 Å². The fourth-order valence-corrected chi connectivity index (χ4v) is 2.29. The Labute approximate surface area is 91.8 Å². The summed E-state index contributed by atoms with van der Waals surface area (Å²) < 4.78 is 4.98. The van der Waals surface area contributed by atoms with Crippen LogP contribution in [0.15, 0.2) is 30.3 Å². The summed E-state index contributed by atoms with van der Waals surface area (Å²) in [6, 6.07) is 8.89. The highest BCUT2D eigenvalue weighted by atomic mass is 32.2. The summed E-state index contributed by atoms with van der Waals surface area (Å²) in [6.07, 6.45) is 0.392. The molecule has 1 aliphatic heterocycles. The van der Waals surface area contributed by atoms with Gasteiger partial charge in [0, 0.05) is 11.3 Å². The molecule has 15 heavy (non-hydrogen) atoms. The van der Waals surface area contributed by atoms with Crippen LogP contribution < -0.4 is 0 Å². The Balaban J connectivity index is 2.11. The molecule has 1 heterocycles. The number of carbonyl (C=O) groups is 2. The van der Waals surface area contributed by atoms with E-state index in [1.54, 1.807) is 24.3 Å². The molecular weight excluding hydrogens is 212 g/mol. The van der Waals surface area contributed by atoms with Crippen LogP contribution in [0.5, 0.6) is 0 Å². The van der Waals surface area contributed by atoms with Crippen molar-refractivity contribution in [1.29, 1.82) is 0 Å². The molecule has 1 saturated heterocycles. The molecule has 2 rings (SSSR count). The molecule has 1 aromatic carbocycles. The van der Waals surface area contributed by atoms with Crippen LogP contribution in [0, 0.1) is 0 Å². The summed E-state index contributed by atoms with van der Waals surface area (Å²) in [5.74, 6) is 0.235. The van der Waals surface area contributed by atoms with Gasteiger partial charge in [-0.15, -0.1) is 11.8 Å². The van der Waals surface area contributed by atoms with Crippen LogP contribution in [0.25, 0.3) is 0 Å². The Morgan fingerprint density at radius 1 is 1.33 bits per heavy atom. The highest BCUT2D eigenvalue weighted by molar-refractivity contribution is 8.00. The average molecular weight is 222 g/mol. The van der Waals surface area contributed by atoms with E-state index < -0.39 is 5.44 Å². The van der Waals surface area contributed by atoms with Gasteiger partial charge in [-0.1, -0.05) is 30.3 Å². The zero-order valence-corrected chi connectivity index (χ0v) is 8.83. The van der Waals surface area contributed by atoms with E-state index in [9.17, 15) is 9.59 Å². The van der Waals surface area contributed by atoms with E-state index in [0.29, 0.717) is 17.7 Å². The first-order valence-corrected chi connectivity index (χ1v) is 5.72. The van der Waals surface area contributed by atoms with Crippen molar-refractivity contribution < 1.29 is 14.3 Å². The molecule has 1 atom stereocenters. The molecule has 1 fully saturated rings. The third kappa shape index (κ3) is 2.39. The number of ketones is 1. The number of carbonyl (C=O) groups excluding carboxylic acids is 2. The zero-order valence-electron chi connectivity index (χ0n) is 8.01. The summed E-state index contributed by atoms with van der Waals surface area (Å²) in [5.41, 5.74) is -0.0710. The zero-order chi connectivity index (χ0) is 10.7. The summed E-state index contributed by atoms with van der Waals surface area (Å²) >= 11 is 1.38. The monoisotopic (exact) mass is 222 g/mol. The molecule has 0 spiro atoms. The van der Waals surface area contributed by atoms with Gasteiger partial charge in [0.1, 0.15) is 0 Å². The number of benzene rings is 1. The van der Waals surface area contributed by atoms with Gasteiger partial charge in [-0.3, -0.25) is 9.59 Å². The first-order valence-electron chi connectivity index (χ1n) is 4.68. The molecule has 0 N–H and O–H groups in total. The summed E-state index contributed by atoms with van der Waals surface area (Å²) in [4.78, 5) is 22.9. The van der Waals surface area contributed by atoms with Crippen molar-refractivity contribution in [1.82, 2.24) is 0 Å². The Kier molecular flexibility index (Phi) is 3.06. The Bertz CT molecular complexity index is 375. The third-order valence-electron chi connectivity index (χ3n) is 2.09. The first kappa shape index (κ1) is 10.2. The molecule has 0 saturated carbocycles. The van der Waals surface area contributed by atoms with Crippen LogP contribution in [0.1, 0.15) is 16.8 Å². The van der Waals surface area contributed by atoms with Gasteiger partial charge < -0.3 is 4.74 Å². The molecule has 0 aliphatic carbocycles. The van der Waals surface area contributed by atoms with Crippen LogP contribution >= 0.6 is 11.8 Å². The van der Waals surface area contributed by atoms with E-state index in [-0.39, 0.29) is 11.8 Å². The Morgan fingerprint density at radius 2 is 2.07 bits per heavy atom. The predicted molar refractivity (Wildman–Crippen MR) is 57.7 cm³/mol. The molecule has 1 aliphatic rings. The molecule has 1 unspecified atom stereocenters. The molecule has 3 nitrogen and oxygen atoms in total. The number of cyclic esters (lactones) is 1. The number of ether oxygens (including phenoxy) is 1. The van der Waals surface area contributed by atoms with E-state index >= 15 is 0 Å². The van der Waals surface area contributed by atoms with Crippen molar-refractivity contribution in [2.45, 2.75) is 11.9 Å². The molecule has 4 heteroatoms. The lowest BCUT2D eigenvalue weighted by atomic mass is 10.1. The van der Waals surface area contributed by atoms with Crippen molar-refractivity contribution in [2.75, 3.05) is 5.75 Å². The molecule has 0 radical (unpaired) electrons. The van der Waals surface area contributed by atoms with Crippen LogP contribution in [0.3, 0.4) is 0 Å². The lowest BCUT2D eigenvalue weighted by molar-refractivity contribution is -0.144. The fraction of sp³-hybridized carbons (Fsp3) is 0.273. The van der Waals surface area contributed by atoms with E-state index in [1.165, 1.54) is 11.8 Å². The van der Waals surface area contributed by atoms with Gasteiger partial charge in [-0.05, 0) is 0 Å². The largest absolute Gasteiger partial charge is 0.443 e. The maximum atomic E-state index is 11.8. The van der Waals surface area contributed by atoms with Crippen LogP contribution in [0.4, 0.5) is 0 Å². The van der Waals surface area contributed by atoms with Gasteiger partial charge in [0.25, 0.3) is 0 Å². The predicted octanol–water partition coefficient (Wildman–Crippen LogP) is 1.88. The van der Waals surface area contributed by atoms with Gasteiger partial charge >= 0.3 is 5.97 Å². The quantitative estimate of drug-likeness (QED) is 0.566. The lowest BCUT2D eigenvalue weighted by Gasteiger charge is -2.20. The normalized spacial score (nSPS) is 20.8. The standard InChI is InChI=1S/C11H10O3S/c12-9-6-7-15-11(14-9)10(13)8-4-2-1-3-5-8/h1-5,11H,6-7H2. The second-order valence-electron chi connectivity index (χ2n) is 3.17. The Hall–Kier alpha value is -1.29. The van der Waals surface area contributed by atoms with E-state index in [1.807, 2.05) is 6.07 Å². The van der Waals surface area contributed by atoms with Gasteiger partial charge in [-0.25, -0.2) is 0 Å². The molecule has 1 aromatic rings. The van der Waals surface area contributed by atoms with E-state index in [4.69, 9.17) is 4.74 Å². The van der Waals surface area contributed by atoms with Crippen LogP contribution in [0.2, 0.25) is 0 Å². The molecular formula is C11H10O3S. The average Bonchev–Trinajstić information content (AvgIpc) is 2.29. The minimum absolute atomic E-state index is 0.131. The SMILES string of the molecule is O=C1CCSC(C(=O)c2ccccc2)O1. The van der Waals surface area contributed by atoms with Gasteiger partial charge in [0.05, 0.1) is 6.42 Å². The number of thioether (sulfide) groups is 1. The highest BCUT2D eigenvalue weighted by Gasteiger charge is 2.28. The maximum Gasteiger partial charge on any atom is 0.308 e. The number of hydrogen-bond donors (Lipinski definition) is 0. The molecule has 0 amide bonds. The number of esters is 1. The summed E-state index contributed by atoms with van der Waals surface area (Å²) in [5, 5.41) is 0. The second-order valence-corrected chi connectivity index (χ2v) is 4.34.